The predicted molar refractivity (Wildman–Crippen MR) is 109 cm³/mol. The van der Waals surface area contributed by atoms with Gasteiger partial charge in [0.05, 0.1) is 19.2 Å². The van der Waals surface area contributed by atoms with Gasteiger partial charge in [0, 0.05) is 37.9 Å². The second-order valence-corrected chi connectivity index (χ2v) is 6.77. The zero-order valence-electron chi connectivity index (χ0n) is 15.8. The molecule has 0 N–H and O–H groups in total. The molecule has 0 aromatic heterocycles. The van der Waals surface area contributed by atoms with E-state index >= 15 is 0 Å². The second kappa shape index (κ2) is 8.97. The van der Waals surface area contributed by atoms with E-state index in [2.05, 4.69) is 4.90 Å². The summed E-state index contributed by atoms with van der Waals surface area (Å²) in [7, 11) is 3.06. The van der Waals surface area contributed by atoms with Crippen molar-refractivity contribution in [3.8, 4) is 11.5 Å². The lowest BCUT2D eigenvalue weighted by molar-refractivity contribution is -0.126. The highest BCUT2D eigenvalue weighted by Crippen LogP contribution is 2.36. The predicted octanol–water partition coefficient (Wildman–Crippen LogP) is 3.86. The van der Waals surface area contributed by atoms with Crippen LogP contribution in [0.1, 0.15) is 5.56 Å². The Balaban J connectivity index is 1.61. The average Bonchev–Trinajstić information content (AvgIpc) is 2.72. The largest absolute Gasteiger partial charge is 0.493 e. The molecule has 7 heteroatoms. The fraction of sp³-hybridized carbons (Fsp3) is 0.286. The first kappa shape index (κ1) is 20.0. The molecule has 0 aliphatic carbocycles. The van der Waals surface area contributed by atoms with Crippen molar-refractivity contribution in [2.75, 3.05) is 45.3 Å². The van der Waals surface area contributed by atoms with Crippen LogP contribution in [-0.2, 0) is 4.79 Å². The molecule has 148 valence electrons. The summed E-state index contributed by atoms with van der Waals surface area (Å²) in [6.45, 7) is 2.61. The van der Waals surface area contributed by atoms with Gasteiger partial charge in [0.2, 0.25) is 5.91 Å². The molecule has 0 unspecified atom stereocenters. The van der Waals surface area contributed by atoms with Crippen LogP contribution in [0.4, 0.5) is 10.1 Å². The highest BCUT2D eigenvalue weighted by Gasteiger charge is 2.20. The maximum atomic E-state index is 13.1. The molecule has 1 aliphatic heterocycles. The van der Waals surface area contributed by atoms with Crippen molar-refractivity contribution < 1.29 is 18.7 Å². The number of carbonyl (C=O) groups is 1. The van der Waals surface area contributed by atoms with Gasteiger partial charge in [-0.15, -0.1) is 0 Å². The number of amides is 1. The zero-order chi connectivity index (χ0) is 20.1. The SMILES string of the molecule is COc1cc(/C=C/C(=O)N2CCN(c3ccc(F)cc3)CC2)cc(Cl)c1OC. The first-order valence-electron chi connectivity index (χ1n) is 8.91. The number of rotatable bonds is 5. The molecule has 1 aliphatic rings. The van der Waals surface area contributed by atoms with Gasteiger partial charge in [-0.1, -0.05) is 11.6 Å². The van der Waals surface area contributed by atoms with Crippen molar-refractivity contribution in [1.29, 1.82) is 0 Å². The van der Waals surface area contributed by atoms with Crippen molar-refractivity contribution in [2.24, 2.45) is 0 Å². The Hall–Kier alpha value is -2.73. The van der Waals surface area contributed by atoms with Crippen molar-refractivity contribution in [2.45, 2.75) is 0 Å². The van der Waals surface area contributed by atoms with E-state index in [4.69, 9.17) is 21.1 Å². The fourth-order valence-corrected chi connectivity index (χ4v) is 3.44. The summed E-state index contributed by atoms with van der Waals surface area (Å²) in [5, 5.41) is 0.418. The lowest BCUT2D eigenvalue weighted by Gasteiger charge is -2.35. The fourth-order valence-electron chi connectivity index (χ4n) is 3.14. The van der Waals surface area contributed by atoms with E-state index in [0.717, 1.165) is 11.3 Å². The molecule has 0 radical (unpaired) electrons. The van der Waals surface area contributed by atoms with Crippen LogP contribution in [0.25, 0.3) is 6.08 Å². The van der Waals surface area contributed by atoms with Crippen LogP contribution >= 0.6 is 11.6 Å². The van der Waals surface area contributed by atoms with E-state index in [1.807, 2.05) is 0 Å². The van der Waals surface area contributed by atoms with E-state index in [9.17, 15) is 9.18 Å². The molecular formula is C21H22ClFN2O3. The third kappa shape index (κ3) is 4.57. The van der Waals surface area contributed by atoms with E-state index in [1.54, 1.807) is 35.2 Å². The first-order chi connectivity index (χ1) is 13.5. The normalized spacial score (nSPS) is 14.4. The molecule has 2 aromatic carbocycles. The molecule has 1 heterocycles. The van der Waals surface area contributed by atoms with Gasteiger partial charge < -0.3 is 19.3 Å². The number of methoxy groups -OCH3 is 2. The molecule has 1 amide bonds. The number of piperazine rings is 1. The minimum Gasteiger partial charge on any atom is -0.493 e. The summed E-state index contributed by atoms with van der Waals surface area (Å²) in [6, 6.07) is 9.90. The van der Waals surface area contributed by atoms with Crippen molar-refractivity contribution in [3.05, 3.63) is 58.9 Å². The zero-order valence-corrected chi connectivity index (χ0v) is 16.6. The Bertz CT molecular complexity index is 863. The van der Waals surface area contributed by atoms with Crippen LogP contribution in [0.5, 0.6) is 11.5 Å². The van der Waals surface area contributed by atoms with Gasteiger partial charge >= 0.3 is 0 Å². The molecular weight excluding hydrogens is 383 g/mol. The smallest absolute Gasteiger partial charge is 0.246 e. The minimum absolute atomic E-state index is 0.0651. The van der Waals surface area contributed by atoms with E-state index in [-0.39, 0.29) is 11.7 Å². The summed E-state index contributed by atoms with van der Waals surface area (Å²) in [5.41, 5.74) is 1.71. The van der Waals surface area contributed by atoms with Gasteiger partial charge in [0.1, 0.15) is 5.82 Å². The molecule has 5 nitrogen and oxygen atoms in total. The third-order valence-electron chi connectivity index (χ3n) is 4.66. The summed E-state index contributed by atoms with van der Waals surface area (Å²) >= 11 is 6.20. The number of ether oxygens (including phenoxy) is 2. The quantitative estimate of drug-likeness (QED) is 0.710. The number of hydrogen-bond donors (Lipinski definition) is 0. The number of benzene rings is 2. The van der Waals surface area contributed by atoms with E-state index in [1.165, 1.54) is 32.4 Å². The molecule has 0 saturated carbocycles. The maximum Gasteiger partial charge on any atom is 0.246 e. The van der Waals surface area contributed by atoms with Gasteiger partial charge in [-0.05, 0) is 48.0 Å². The van der Waals surface area contributed by atoms with Crippen LogP contribution in [-0.4, -0.2) is 51.2 Å². The minimum atomic E-state index is -0.252. The van der Waals surface area contributed by atoms with Crippen molar-refractivity contribution in [3.63, 3.8) is 0 Å². The Morgan fingerprint density at radius 2 is 1.75 bits per heavy atom. The number of halogens is 2. The monoisotopic (exact) mass is 404 g/mol. The molecule has 28 heavy (non-hydrogen) atoms. The van der Waals surface area contributed by atoms with Crippen LogP contribution in [0.15, 0.2) is 42.5 Å². The third-order valence-corrected chi connectivity index (χ3v) is 4.94. The Kier molecular flexibility index (Phi) is 6.41. The van der Waals surface area contributed by atoms with Gasteiger partial charge in [-0.2, -0.15) is 0 Å². The van der Waals surface area contributed by atoms with Crippen LogP contribution in [0.2, 0.25) is 5.02 Å². The van der Waals surface area contributed by atoms with Gasteiger partial charge in [-0.3, -0.25) is 4.79 Å². The second-order valence-electron chi connectivity index (χ2n) is 6.36. The van der Waals surface area contributed by atoms with Crippen LogP contribution in [0.3, 0.4) is 0 Å². The molecule has 3 rings (SSSR count). The van der Waals surface area contributed by atoms with Gasteiger partial charge in [-0.25, -0.2) is 4.39 Å². The molecule has 0 bridgehead atoms. The Morgan fingerprint density at radius 3 is 2.36 bits per heavy atom. The van der Waals surface area contributed by atoms with Gasteiger partial charge in [0.25, 0.3) is 0 Å². The molecule has 2 aromatic rings. The molecule has 0 atom stereocenters. The topological polar surface area (TPSA) is 42.0 Å². The Morgan fingerprint density at radius 1 is 1.07 bits per heavy atom. The average molecular weight is 405 g/mol. The number of hydrogen-bond acceptors (Lipinski definition) is 4. The maximum absolute atomic E-state index is 13.1. The van der Waals surface area contributed by atoms with Crippen molar-refractivity contribution in [1.82, 2.24) is 4.90 Å². The standard InChI is InChI=1S/C21H22ClFN2O3/c1-27-19-14-15(13-18(22)21(19)28-2)3-8-20(26)25-11-9-24(10-12-25)17-6-4-16(23)5-7-17/h3-8,13-14H,9-12H2,1-2H3/b8-3+. The van der Waals surface area contributed by atoms with Gasteiger partial charge in [0.15, 0.2) is 11.5 Å². The number of carbonyl (C=O) groups excluding carboxylic acids is 1. The highest BCUT2D eigenvalue weighted by molar-refractivity contribution is 6.32. The number of nitrogens with zero attached hydrogens (tertiary/aromatic N) is 2. The Labute approximate surface area is 168 Å². The summed E-state index contributed by atoms with van der Waals surface area (Å²) in [4.78, 5) is 16.4. The highest BCUT2D eigenvalue weighted by atomic mass is 35.5. The number of anilines is 1. The molecule has 0 spiro atoms. The lowest BCUT2D eigenvalue weighted by Crippen LogP contribution is -2.48. The summed E-state index contributed by atoms with van der Waals surface area (Å²) in [6.07, 6.45) is 3.24. The van der Waals surface area contributed by atoms with E-state index in [0.29, 0.717) is 42.7 Å². The molecule has 1 saturated heterocycles. The molecule has 1 fully saturated rings. The summed E-state index contributed by atoms with van der Waals surface area (Å²) in [5.74, 6) is 0.655. The van der Waals surface area contributed by atoms with E-state index < -0.39 is 0 Å². The van der Waals surface area contributed by atoms with Crippen LogP contribution in [0, 0.1) is 5.82 Å². The van der Waals surface area contributed by atoms with Crippen LogP contribution < -0.4 is 14.4 Å². The first-order valence-corrected chi connectivity index (χ1v) is 9.28. The lowest BCUT2D eigenvalue weighted by atomic mass is 10.1. The summed E-state index contributed by atoms with van der Waals surface area (Å²) < 4.78 is 23.5. The van der Waals surface area contributed by atoms with Crippen molar-refractivity contribution >= 4 is 29.3 Å².